The fourth-order valence-electron chi connectivity index (χ4n) is 1.69. The lowest BCUT2D eigenvalue weighted by Crippen LogP contribution is -1.93. The quantitative estimate of drug-likeness (QED) is 0.589. The molecular weight excluding hydrogens is 290 g/mol. The monoisotopic (exact) mass is 303 g/mol. The van der Waals surface area contributed by atoms with E-state index in [0.29, 0.717) is 5.92 Å². The van der Waals surface area contributed by atoms with Crippen molar-refractivity contribution >= 4 is 44.9 Å². The van der Waals surface area contributed by atoms with Gasteiger partial charge in [-0.05, 0) is 12.0 Å². The van der Waals surface area contributed by atoms with Gasteiger partial charge in [0.15, 0.2) is 5.82 Å². The van der Waals surface area contributed by atoms with Gasteiger partial charge in [0.1, 0.15) is 11.2 Å². The summed E-state index contributed by atoms with van der Waals surface area (Å²) in [5.41, 5.74) is 4.76. The lowest BCUT2D eigenvalue weighted by atomic mass is 10.2. The van der Waals surface area contributed by atoms with Gasteiger partial charge in [0, 0.05) is 11.1 Å². The first-order chi connectivity index (χ1) is 9.74. The number of hydrazone groups is 1. The molecule has 1 N–H and O–H groups in total. The molecule has 3 heterocycles. The van der Waals surface area contributed by atoms with E-state index in [0.717, 1.165) is 20.9 Å². The highest BCUT2D eigenvalue weighted by atomic mass is 32.1. The lowest BCUT2D eigenvalue weighted by Gasteiger charge is -1.99. The largest absolute Gasteiger partial charge is 0.261 e. The van der Waals surface area contributed by atoms with E-state index in [1.165, 1.54) is 16.2 Å². The molecule has 3 aromatic rings. The topological polar surface area (TPSA) is 63.1 Å². The standard InChI is InChI=1S/C13H13N5S2/c1-8(2)11-3-10-12(15-6-16-13(10)20-11)18-17-5-9-4-14-7-19-9/h3-8H,1-2H3,(H,15,16,18). The molecule has 0 fully saturated rings. The molecule has 7 heteroatoms. The zero-order valence-corrected chi connectivity index (χ0v) is 12.7. The minimum Gasteiger partial charge on any atom is -0.261 e. The van der Waals surface area contributed by atoms with Crippen molar-refractivity contribution in [1.82, 2.24) is 15.0 Å². The average molecular weight is 303 g/mol. The van der Waals surface area contributed by atoms with Gasteiger partial charge >= 0.3 is 0 Å². The Morgan fingerprint density at radius 1 is 1.35 bits per heavy atom. The Kier molecular flexibility index (Phi) is 3.70. The predicted octanol–water partition coefficient (Wildman–Crippen LogP) is 3.72. The molecule has 0 unspecified atom stereocenters. The first-order valence-corrected chi connectivity index (χ1v) is 7.85. The number of rotatable bonds is 4. The summed E-state index contributed by atoms with van der Waals surface area (Å²) >= 11 is 3.24. The molecule has 3 rings (SSSR count). The molecule has 0 aliphatic carbocycles. The number of thiazole rings is 1. The number of hydrogen-bond donors (Lipinski definition) is 1. The molecule has 0 saturated carbocycles. The number of anilines is 1. The van der Waals surface area contributed by atoms with E-state index in [2.05, 4.69) is 45.4 Å². The van der Waals surface area contributed by atoms with Crippen molar-refractivity contribution in [2.24, 2.45) is 5.10 Å². The molecule has 102 valence electrons. The second-order valence-corrected chi connectivity index (χ2v) is 6.50. The predicted molar refractivity (Wildman–Crippen MR) is 84.8 cm³/mol. The zero-order valence-electron chi connectivity index (χ0n) is 11.1. The maximum Gasteiger partial charge on any atom is 0.158 e. The fourth-order valence-corrected chi connectivity index (χ4v) is 3.17. The van der Waals surface area contributed by atoms with Gasteiger partial charge in [0.2, 0.25) is 0 Å². The summed E-state index contributed by atoms with van der Waals surface area (Å²) in [7, 11) is 0. The minimum atomic E-state index is 0.489. The van der Waals surface area contributed by atoms with Gasteiger partial charge in [-0.1, -0.05) is 13.8 Å². The van der Waals surface area contributed by atoms with E-state index in [1.807, 2.05) is 0 Å². The normalized spacial score (nSPS) is 11.8. The van der Waals surface area contributed by atoms with Crippen LogP contribution in [0.4, 0.5) is 5.82 Å². The van der Waals surface area contributed by atoms with E-state index in [-0.39, 0.29) is 0 Å². The zero-order chi connectivity index (χ0) is 13.9. The summed E-state index contributed by atoms with van der Waals surface area (Å²) in [6.45, 7) is 4.35. The van der Waals surface area contributed by atoms with Gasteiger partial charge in [-0.15, -0.1) is 22.7 Å². The van der Waals surface area contributed by atoms with Crippen LogP contribution in [-0.4, -0.2) is 21.2 Å². The summed E-state index contributed by atoms with van der Waals surface area (Å²) in [6.07, 6.45) is 5.07. The Balaban J connectivity index is 1.87. The number of nitrogens with one attached hydrogen (secondary N) is 1. The van der Waals surface area contributed by atoms with E-state index in [4.69, 9.17) is 0 Å². The van der Waals surface area contributed by atoms with Gasteiger partial charge in [0.25, 0.3) is 0 Å². The van der Waals surface area contributed by atoms with Crippen LogP contribution in [-0.2, 0) is 0 Å². The SMILES string of the molecule is CC(C)c1cc2c(NN=Cc3cncs3)ncnc2s1. The fraction of sp³-hybridized carbons (Fsp3) is 0.231. The Morgan fingerprint density at radius 3 is 3.00 bits per heavy atom. The highest BCUT2D eigenvalue weighted by molar-refractivity contribution is 7.18. The third-order valence-corrected chi connectivity index (χ3v) is 4.78. The van der Waals surface area contributed by atoms with Crippen LogP contribution in [0.15, 0.2) is 29.2 Å². The molecule has 0 aliphatic heterocycles. The van der Waals surface area contributed by atoms with Crippen molar-refractivity contribution in [3.05, 3.63) is 33.9 Å². The van der Waals surface area contributed by atoms with Gasteiger partial charge in [-0.3, -0.25) is 10.4 Å². The van der Waals surface area contributed by atoms with Crippen molar-refractivity contribution in [2.75, 3.05) is 5.43 Å². The molecule has 20 heavy (non-hydrogen) atoms. The van der Waals surface area contributed by atoms with E-state index in [9.17, 15) is 0 Å². The van der Waals surface area contributed by atoms with Gasteiger partial charge in [0.05, 0.1) is 22.0 Å². The maximum absolute atomic E-state index is 4.31. The number of fused-ring (bicyclic) bond motifs is 1. The van der Waals surface area contributed by atoms with Crippen molar-refractivity contribution < 1.29 is 0 Å². The number of aromatic nitrogens is 3. The maximum atomic E-state index is 4.31. The Hall–Kier alpha value is -1.86. The Morgan fingerprint density at radius 2 is 2.25 bits per heavy atom. The molecule has 0 atom stereocenters. The van der Waals surface area contributed by atoms with Gasteiger partial charge < -0.3 is 0 Å². The van der Waals surface area contributed by atoms with Crippen molar-refractivity contribution in [3.8, 4) is 0 Å². The summed E-state index contributed by atoms with van der Waals surface area (Å²) in [6, 6.07) is 2.13. The van der Waals surface area contributed by atoms with Crippen molar-refractivity contribution in [3.63, 3.8) is 0 Å². The Labute approximate surface area is 124 Å². The second kappa shape index (κ2) is 5.64. The Bertz CT molecular complexity index is 730. The van der Waals surface area contributed by atoms with E-state index in [1.54, 1.807) is 35.6 Å². The summed E-state index contributed by atoms with van der Waals surface area (Å²) < 4.78 is 0. The van der Waals surface area contributed by atoms with Crippen molar-refractivity contribution in [2.45, 2.75) is 19.8 Å². The minimum absolute atomic E-state index is 0.489. The molecule has 0 spiro atoms. The smallest absolute Gasteiger partial charge is 0.158 e. The molecular formula is C13H13N5S2. The molecule has 3 aromatic heterocycles. The molecule has 0 bridgehead atoms. The molecule has 0 saturated heterocycles. The van der Waals surface area contributed by atoms with Crippen LogP contribution in [0.3, 0.4) is 0 Å². The molecule has 5 nitrogen and oxygen atoms in total. The van der Waals surface area contributed by atoms with Gasteiger partial charge in [-0.2, -0.15) is 5.10 Å². The van der Waals surface area contributed by atoms with Gasteiger partial charge in [-0.25, -0.2) is 9.97 Å². The van der Waals surface area contributed by atoms with Crippen LogP contribution >= 0.6 is 22.7 Å². The van der Waals surface area contributed by atoms with Crippen LogP contribution in [0.2, 0.25) is 0 Å². The lowest BCUT2D eigenvalue weighted by molar-refractivity contribution is 0.890. The summed E-state index contributed by atoms with van der Waals surface area (Å²) in [4.78, 5) is 15.8. The first kappa shape index (κ1) is 13.1. The molecule has 0 aromatic carbocycles. The van der Waals surface area contributed by atoms with E-state index >= 15 is 0 Å². The summed E-state index contributed by atoms with van der Waals surface area (Å²) in [5.74, 6) is 1.22. The molecule has 0 aliphatic rings. The van der Waals surface area contributed by atoms with Crippen LogP contribution in [0.25, 0.3) is 10.2 Å². The van der Waals surface area contributed by atoms with Crippen LogP contribution in [0, 0.1) is 0 Å². The number of thiophene rings is 1. The highest BCUT2D eigenvalue weighted by Gasteiger charge is 2.10. The van der Waals surface area contributed by atoms with E-state index < -0.39 is 0 Å². The van der Waals surface area contributed by atoms with Crippen LogP contribution in [0.5, 0.6) is 0 Å². The number of hydrogen-bond acceptors (Lipinski definition) is 7. The van der Waals surface area contributed by atoms with Crippen LogP contribution < -0.4 is 5.43 Å². The molecule has 0 amide bonds. The highest BCUT2D eigenvalue weighted by Crippen LogP contribution is 2.32. The first-order valence-electron chi connectivity index (χ1n) is 6.16. The van der Waals surface area contributed by atoms with Crippen molar-refractivity contribution in [1.29, 1.82) is 0 Å². The number of nitrogens with zero attached hydrogens (tertiary/aromatic N) is 4. The molecule has 0 radical (unpaired) electrons. The third-order valence-electron chi connectivity index (χ3n) is 2.73. The summed E-state index contributed by atoms with van der Waals surface area (Å²) in [5, 5.41) is 5.21. The van der Waals surface area contributed by atoms with Crippen LogP contribution in [0.1, 0.15) is 29.5 Å². The average Bonchev–Trinajstić information content (AvgIpc) is 3.07. The third kappa shape index (κ3) is 2.68. The second-order valence-electron chi connectivity index (χ2n) is 4.52.